The number of nitrogens with one attached hydrogen (secondary N) is 1. The molecule has 0 aliphatic rings. The molecule has 0 aliphatic carbocycles. The highest BCUT2D eigenvalue weighted by molar-refractivity contribution is 5.30. The Morgan fingerprint density at radius 3 is 2.67 bits per heavy atom. The van der Waals surface area contributed by atoms with Crippen molar-refractivity contribution in [1.82, 2.24) is 25.5 Å². The highest BCUT2D eigenvalue weighted by Gasteiger charge is 2.07. The molecule has 2 aromatic carbocycles. The van der Waals surface area contributed by atoms with Crippen LogP contribution in [0, 0.1) is 6.92 Å². The smallest absolute Gasteiger partial charge is 0.170 e. The van der Waals surface area contributed by atoms with Crippen molar-refractivity contribution in [2.24, 2.45) is 0 Å². The van der Waals surface area contributed by atoms with E-state index in [1.165, 1.54) is 11.1 Å². The van der Waals surface area contributed by atoms with Crippen LogP contribution in [-0.4, -0.2) is 20.2 Å². The molecule has 1 heterocycles. The molecule has 3 rings (SSSR count). The largest absolute Gasteiger partial charge is 0.306 e. The molecule has 0 bridgehead atoms. The first-order valence-corrected chi connectivity index (χ1v) is 6.92. The van der Waals surface area contributed by atoms with E-state index in [1.54, 1.807) is 4.68 Å². The molecule has 0 saturated heterocycles. The van der Waals surface area contributed by atoms with Crippen LogP contribution in [0.2, 0.25) is 0 Å². The summed E-state index contributed by atoms with van der Waals surface area (Å²) in [5, 5.41) is 15.3. The maximum absolute atomic E-state index is 4.08. The molecule has 0 spiro atoms. The van der Waals surface area contributed by atoms with E-state index in [0.29, 0.717) is 6.54 Å². The summed E-state index contributed by atoms with van der Waals surface area (Å²) in [6.07, 6.45) is 0. The summed E-state index contributed by atoms with van der Waals surface area (Å²) >= 11 is 0. The van der Waals surface area contributed by atoms with Gasteiger partial charge in [-0.2, -0.15) is 4.68 Å². The fourth-order valence-corrected chi connectivity index (χ4v) is 2.23. The Labute approximate surface area is 123 Å². The number of aryl methyl sites for hydroxylation is 1. The quantitative estimate of drug-likeness (QED) is 0.778. The molecule has 1 N–H and O–H groups in total. The van der Waals surface area contributed by atoms with Crippen LogP contribution < -0.4 is 5.32 Å². The molecular weight excluding hydrogens is 262 g/mol. The number of hydrogen-bond donors (Lipinski definition) is 1. The molecule has 0 radical (unpaired) electrons. The second kappa shape index (κ2) is 6.28. The lowest BCUT2D eigenvalue weighted by atomic mass is 10.1. The van der Waals surface area contributed by atoms with Gasteiger partial charge in [-0.15, -0.1) is 5.10 Å². The Hall–Kier alpha value is -2.53. The minimum atomic E-state index is 0.621. The summed E-state index contributed by atoms with van der Waals surface area (Å²) in [5.74, 6) is 0.800. The Morgan fingerprint density at radius 2 is 1.86 bits per heavy atom. The van der Waals surface area contributed by atoms with E-state index in [1.807, 2.05) is 30.3 Å². The summed E-state index contributed by atoms with van der Waals surface area (Å²) in [6.45, 7) is 3.51. The average Bonchev–Trinajstić information content (AvgIpc) is 2.97. The van der Waals surface area contributed by atoms with Crippen LogP contribution in [-0.2, 0) is 13.1 Å². The third-order valence-electron chi connectivity index (χ3n) is 3.23. The Morgan fingerprint density at radius 1 is 1.00 bits per heavy atom. The Balaban J connectivity index is 1.66. The lowest BCUT2D eigenvalue weighted by Gasteiger charge is -2.06. The zero-order valence-corrected chi connectivity index (χ0v) is 11.9. The number of para-hydroxylation sites is 1. The molecule has 0 unspecified atom stereocenters. The van der Waals surface area contributed by atoms with Crippen molar-refractivity contribution < 1.29 is 0 Å². The fourth-order valence-electron chi connectivity index (χ4n) is 2.23. The topological polar surface area (TPSA) is 55.6 Å². The van der Waals surface area contributed by atoms with Crippen molar-refractivity contribution in [2.45, 2.75) is 20.0 Å². The first-order chi connectivity index (χ1) is 10.3. The summed E-state index contributed by atoms with van der Waals surface area (Å²) in [5.41, 5.74) is 3.49. The Bertz CT molecular complexity index is 705. The SMILES string of the molecule is Cc1cccc(CNCc2nnnn2-c2ccccc2)c1. The molecule has 3 aromatic rings. The first kappa shape index (κ1) is 13.5. The van der Waals surface area contributed by atoms with Crippen molar-refractivity contribution in [3.8, 4) is 5.69 Å². The number of benzene rings is 2. The minimum absolute atomic E-state index is 0.621. The van der Waals surface area contributed by atoms with Gasteiger partial charge >= 0.3 is 0 Å². The van der Waals surface area contributed by atoms with Crippen LogP contribution >= 0.6 is 0 Å². The van der Waals surface area contributed by atoms with E-state index < -0.39 is 0 Å². The molecule has 0 atom stereocenters. The average molecular weight is 279 g/mol. The molecule has 0 amide bonds. The van der Waals surface area contributed by atoms with Crippen molar-refractivity contribution in [3.05, 3.63) is 71.5 Å². The van der Waals surface area contributed by atoms with Gasteiger partial charge in [-0.3, -0.25) is 0 Å². The zero-order chi connectivity index (χ0) is 14.5. The number of hydrogen-bond acceptors (Lipinski definition) is 4. The maximum atomic E-state index is 4.08. The van der Waals surface area contributed by atoms with E-state index in [-0.39, 0.29) is 0 Å². The third kappa shape index (κ3) is 3.32. The van der Waals surface area contributed by atoms with E-state index in [2.05, 4.69) is 52.0 Å². The van der Waals surface area contributed by atoms with Gasteiger partial charge in [-0.05, 0) is 35.0 Å². The van der Waals surface area contributed by atoms with Crippen LogP contribution in [0.5, 0.6) is 0 Å². The van der Waals surface area contributed by atoms with Crippen LogP contribution in [0.4, 0.5) is 0 Å². The van der Waals surface area contributed by atoms with Crippen molar-refractivity contribution in [1.29, 1.82) is 0 Å². The van der Waals surface area contributed by atoms with E-state index in [9.17, 15) is 0 Å². The first-order valence-electron chi connectivity index (χ1n) is 6.92. The second-order valence-corrected chi connectivity index (χ2v) is 4.94. The molecule has 0 aliphatic heterocycles. The lowest BCUT2D eigenvalue weighted by molar-refractivity contribution is 0.641. The summed E-state index contributed by atoms with van der Waals surface area (Å²) in [7, 11) is 0. The molecular formula is C16H17N5. The van der Waals surface area contributed by atoms with Crippen molar-refractivity contribution in [3.63, 3.8) is 0 Å². The number of aromatic nitrogens is 4. The van der Waals surface area contributed by atoms with Gasteiger partial charge in [-0.25, -0.2) is 0 Å². The summed E-state index contributed by atoms with van der Waals surface area (Å²) < 4.78 is 1.75. The molecule has 5 heteroatoms. The number of nitrogens with zero attached hydrogens (tertiary/aromatic N) is 4. The van der Waals surface area contributed by atoms with Gasteiger partial charge < -0.3 is 5.32 Å². The van der Waals surface area contributed by atoms with Gasteiger partial charge in [0.25, 0.3) is 0 Å². The lowest BCUT2D eigenvalue weighted by Crippen LogP contribution is -2.16. The van der Waals surface area contributed by atoms with E-state index >= 15 is 0 Å². The maximum Gasteiger partial charge on any atom is 0.170 e. The molecule has 0 saturated carbocycles. The van der Waals surface area contributed by atoms with Crippen LogP contribution in [0.1, 0.15) is 17.0 Å². The van der Waals surface area contributed by atoms with Gasteiger partial charge in [-0.1, -0.05) is 48.0 Å². The predicted molar refractivity (Wildman–Crippen MR) is 80.9 cm³/mol. The van der Waals surface area contributed by atoms with E-state index in [4.69, 9.17) is 0 Å². The Kier molecular flexibility index (Phi) is 4.02. The zero-order valence-electron chi connectivity index (χ0n) is 11.9. The van der Waals surface area contributed by atoms with Crippen molar-refractivity contribution >= 4 is 0 Å². The molecule has 21 heavy (non-hydrogen) atoms. The monoisotopic (exact) mass is 279 g/mol. The van der Waals surface area contributed by atoms with Crippen molar-refractivity contribution in [2.75, 3.05) is 0 Å². The standard InChI is InChI=1S/C16H17N5/c1-13-6-5-7-14(10-13)11-17-12-16-18-19-20-21(16)15-8-3-2-4-9-15/h2-10,17H,11-12H2,1H3. The molecule has 1 aromatic heterocycles. The summed E-state index contributed by atoms with van der Waals surface area (Å²) in [4.78, 5) is 0. The van der Waals surface area contributed by atoms with E-state index in [0.717, 1.165) is 18.1 Å². The highest BCUT2D eigenvalue weighted by atomic mass is 15.5. The third-order valence-corrected chi connectivity index (χ3v) is 3.23. The van der Waals surface area contributed by atoms with Gasteiger partial charge in [0.15, 0.2) is 5.82 Å². The molecule has 5 nitrogen and oxygen atoms in total. The second-order valence-electron chi connectivity index (χ2n) is 4.94. The molecule has 0 fully saturated rings. The van der Waals surface area contributed by atoms with Gasteiger partial charge in [0, 0.05) is 6.54 Å². The van der Waals surface area contributed by atoms with Crippen LogP contribution in [0.15, 0.2) is 54.6 Å². The normalized spacial score (nSPS) is 10.7. The molecule has 106 valence electrons. The van der Waals surface area contributed by atoms with Crippen LogP contribution in [0.3, 0.4) is 0 Å². The summed E-state index contributed by atoms with van der Waals surface area (Å²) in [6, 6.07) is 18.3. The number of tetrazole rings is 1. The van der Waals surface area contributed by atoms with Gasteiger partial charge in [0.1, 0.15) is 0 Å². The predicted octanol–water partition coefficient (Wildman–Crippen LogP) is 2.26. The fraction of sp³-hybridized carbons (Fsp3) is 0.188. The minimum Gasteiger partial charge on any atom is -0.306 e. The van der Waals surface area contributed by atoms with Crippen LogP contribution in [0.25, 0.3) is 5.69 Å². The highest BCUT2D eigenvalue weighted by Crippen LogP contribution is 2.07. The van der Waals surface area contributed by atoms with Gasteiger partial charge in [0.05, 0.1) is 12.2 Å². The van der Waals surface area contributed by atoms with Gasteiger partial charge in [0.2, 0.25) is 0 Å². The number of rotatable bonds is 5.